The lowest BCUT2D eigenvalue weighted by atomic mass is 9.80. The molecular formula is C17H24N6O. The molecule has 2 atom stereocenters. The minimum absolute atomic E-state index is 0.00548. The smallest absolute Gasteiger partial charge is 0.234 e. The average molecular weight is 328 g/mol. The second-order valence-corrected chi connectivity index (χ2v) is 7.87. The molecule has 7 heteroatoms. The highest BCUT2D eigenvalue weighted by Crippen LogP contribution is 2.50. The summed E-state index contributed by atoms with van der Waals surface area (Å²) < 4.78 is 7.93. The van der Waals surface area contributed by atoms with Gasteiger partial charge in [-0.2, -0.15) is 4.98 Å². The molecule has 5 rings (SSSR count). The number of fused-ring (bicyclic) bond motifs is 1. The summed E-state index contributed by atoms with van der Waals surface area (Å²) in [4.78, 5) is 7.00. The van der Waals surface area contributed by atoms with Crippen molar-refractivity contribution < 1.29 is 4.52 Å². The van der Waals surface area contributed by atoms with E-state index in [1.54, 1.807) is 0 Å². The molecule has 128 valence electrons. The molecule has 1 saturated heterocycles. The average Bonchev–Trinajstić information content (AvgIpc) is 2.88. The maximum atomic E-state index is 5.62. The Balaban J connectivity index is 1.47. The molecule has 0 N–H and O–H groups in total. The van der Waals surface area contributed by atoms with Gasteiger partial charge in [0.05, 0.1) is 5.41 Å². The third kappa shape index (κ3) is 2.09. The lowest BCUT2D eigenvalue weighted by Crippen LogP contribution is -2.33. The van der Waals surface area contributed by atoms with Gasteiger partial charge in [0.25, 0.3) is 0 Å². The van der Waals surface area contributed by atoms with Gasteiger partial charge in [-0.1, -0.05) is 11.6 Å². The van der Waals surface area contributed by atoms with Crippen molar-refractivity contribution in [1.82, 2.24) is 24.9 Å². The summed E-state index contributed by atoms with van der Waals surface area (Å²) in [6, 6.07) is 0. The molecular weight excluding hydrogens is 304 g/mol. The fourth-order valence-electron chi connectivity index (χ4n) is 4.67. The van der Waals surface area contributed by atoms with Gasteiger partial charge in [-0.25, -0.2) is 0 Å². The third-order valence-electron chi connectivity index (χ3n) is 6.16. The van der Waals surface area contributed by atoms with Crippen LogP contribution in [0.4, 0.5) is 5.95 Å². The van der Waals surface area contributed by atoms with Gasteiger partial charge in [-0.3, -0.25) is 4.57 Å². The van der Waals surface area contributed by atoms with Crippen molar-refractivity contribution >= 4 is 5.95 Å². The van der Waals surface area contributed by atoms with E-state index in [0.717, 1.165) is 55.5 Å². The van der Waals surface area contributed by atoms with Crippen LogP contribution in [0, 0.1) is 25.7 Å². The van der Waals surface area contributed by atoms with Crippen molar-refractivity contribution in [2.24, 2.45) is 11.8 Å². The van der Waals surface area contributed by atoms with Crippen LogP contribution in [0.25, 0.3) is 0 Å². The monoisotopic (exact) mass is 328 g/mol. The summed E-state index contributed by atoms with van der Waals surface area (Å²) in [6.45, 7) is 6.96. The second kappa shape index (κ2) is 5.04. The predicted molar refractivity (Wildman–Crippen MR) is 87.8 cm³/mol. The van der Waals surface area contributed by atoms with Crippen LogP contribution in [-0.4, -0.2) is 38.0 Å². The molecule has 2 aliphatic carbocycles. The summed E-state index contributed by atoms with van der Waals surface area (Å²) in [5.41, 5.74) is 0.00548. The molecule has 7 nitrogen and oxygen atoms in total. The molecule has 0 bridgehead atoms. The number of hydrogen-bond acceptors (Lipinski definition) is 6. The summed E-state index contributed by atoms with van der Waals surface area (Å²) in [7, 11) is 0. The van der Waals surface area contributed by atoms with E-state index < -0.39 is 0 Å². The normalized spacial score (nSPS) is 29.4. The Hall–Kier alpha value is -1.92. The largest absolute Gasteiger partial charge is 0.340 e. The van der Waals surface area contributed by atoms with E-state index in [1.165, 1.54) is 25.7 Å². The summed E-state index contributed by atoms with van der Waals surface area (Å²) in [5, 5.41) is 12.9. The maximum absolute atomic E-state index is 5.62. The van der Waals surface area contributed by atoms with E-state index in [0.29, 0.717) is 5.92 Å². The zero-order chi connectivity index (χ0) is 16.3. The van der Waals surface area contributed by atoms with Gasteiger partial charge in [0.2, 0.25) is 11.8 Å². The van der Waals surface area contributed by atoms with E-state index in [2.05, 4.69) is 36.7 Å². The van der Waals surface area contributed by atoms with Crippen LogP contribution in [0.2, 0.25) is 0 Å². The fraction of sp³-hybridized carbons (Fsp3) is 0.765. The van der Waals surface area contributed by atoms with Crippen molar-refractivity contribution in [2.75, 3.05) is 18.0 Å². The van der Waals surface area contributed by atoms with E-state index in [9.17, 15) is 0 Å². The van der Waals surface area contributed by atoms with Crippen LogP contribution in [0.3, 0.4) is 0 Å². The van der Waals surface area contributed by atoms with E-state index >= 15 is 0 Å². The van der Waals surface area contributed by atoms with Gasteiger partial charge in [-0.05, 0) is 51.4 Å². The van der Waals surface area contributed by atoms with E-state index in [4.69, 9.17) is 4.52 Å². The number of anilines is 1. The molecule has 3 fully saturated rings. The standard InChI is InChI=1S/C17H24N6O/c1-11-18-15(24-21-11)17-7-3-4-14(17)9-22(10-17)16-20-19-12(2)23(16)8-13-5-6-13/h13-14H,3-10H2,1-2H3/t14-,17-/m0/s1. The molecule has 3 aliphatic rings. The maximum Gasteiger partial charge on any atom is 0.234 e. The highest BCUT2D eigenvalue weighted by atomic mass is 16.5. The first kappa shape index (κ1) is 14.4. The van der Waals surface area contributed by atoms with Crippen LogP contribution in [0.1, 0.15) is 49.6 Å². The molecule has 2 saturated carbocycles. The minimum Gasteiger partial charge on any atom is -0.340 e. The lowest BCUT2D eigenvalue weighted by molar-refractivity contribution is 0.265. The zero-order valence-corrected chi connectivity index (χ0v) is 14.4. The minimum atomic E-state index is 0.00548. The molecule has 1 aliphatic heterocycles. The number of hydrogen-bond donors (Lipinski definition) is 0. The Morgan fingerprint density at radius 2 is 2.08 bits per heavy atom. The van der Waals surface area contributed by atoms with Gasteiger partial charge >= 0.3 is 0 Å². The van der Waals surface area contributed by atoms with Crippen molar-refractivity contribution in [3.63, 3.8) is 0 Å². The second-order valence-electron chi connectivity index (χ2n) is 7.87. The first-order valence-electron chi connectivity index (χ1n) is 9.11. The van der Waals surface area contributed by atoms with Crippen LogP contribution in [-0.2, 0) is 12.0 Å². The fourth-order valence-corrected chi connectivity index (χ4v) is 4.67. The SMILES string of the molecule is Cc1noc([C@]23CCC[C@H]2CN(c2nnc(C)n2CC2CC2)C3)n1. The Morgan fingerprint density at radius 3 is 2.83 bits per heavy atom. The Labute approximate surface area is 141 Å². The lowest BCUT2D eigenvalue weighted by Gasteiger charge is -2.24. The molecule has 0 radical (unpaired) electrons. The Bertz CT molecular complexity index is 763. The first-order valence-corrected chi connectivity index (χ1v) is 9.11. The molecule has 0 aromatic carbocycles. The predicted octanol–water partition coefficient (Wildman–Crippen LogP) is 2.25. The van der Waals surface area contributed by atoms with Crippen molar-refractivity contribution in [2.45, 2.75) is 57.9 Å². The molecule has 0 spiro atoms. The van der Waals surface area contributed by atoms with Gasteiger partial charge in [0.1, 0.15) is 5.82 Å². The summed E-state index contributed by atoms with van der Waals surface area (Å²) in [5.74, 6) is 5.00. The number of aryl methyl sites for hydroxylation is 2. The number of rotatable bonds is 4. The van der Waals surface area contributed by atoms with Gasteiger partial charge in [0, 0.05) is 19.6 Å². The van der Waals surface area contributed by atoms with E-state index in [-0.39, 0.29) is 5.41 Å². The summed E-state index contributed by atoms with van der Waals surface area (Å²) in [6.07, 6.45) is 6.28. The van der Waals surface area contributed by atoms with Crippen LogP contribution >= 0.6 is 0 Å². The number of nitrogens with zero attached hydrogens (tertiary/aromatic N) is 6. The van der Waals surface area contributed by atoms with Crippen molar-refractivity contribution in [3.05, 3.63) is 17.5 Å². The van der Waals surface area contributed by atoms with E-state index in [1.807, 2.05) is 6.92 Å². The first-order chi connectivity index (χ1) is 11.7. The highest BCUT2D eigenvalue weighted by molar-refractivity contribution is 5.39. The Morgan fingerprint density at radius 1 is 1.21 bits per heavy atom. The van der Waals surface area contributed by atoms with Crippen molar-refractivity contribution in [3.8, 4) is 0 Å². The van der Waals surface area contributed by atoms with Gasteiger partial charge < -0.3 is 9.42 Å². The zero-order valence-electron chi connectivity index (χ0n) is 14.4. The highest BCUT2D eigenvalue weighted by Gasteiger charge is 2.55. The number of aromatic nitrogens is 5. The molecule has 0 unspecified atom stereocenters. The van der Waals surface area contributed by atoms with Crippen LogP contribution < -0.4 is 4.90 Å². The van der Waals surface area contributed by atoms with Gasteiger partial charge in [0.15, 0.2) is 5.82 Å². The Kier molecular flexibility index (Phi) is 3.03. The molecule has 2 aromatic rings. The summed E-state index contributed by atoms with van der Waals surface area (Å²) >= 11 is 0. The molecule has 3 heterocycles. The molecule has 0 amide bonds. The molecule has 24 heavy (non-hydrogen) atoms. The topological polar surface area (TPSA) is 72.9 Å². The third-order valence-corrected chi connectivity index (χ3v) is 6.16. The van der Waals surface area contributed by atoms with Crippen LogP contribution in [0.15, 0.2) is 4.52 Å². The quantitative estimate of drug-likeness (QED) is 0.857. The van der Waals surface area contributed by atoms with Crippen molar-refractivity contribution in [1.29, 1.82) is 0 Å². The van der Waals surface area contributed by atoms with Gasteiger partial charge in [-0.15, -0.1) is 10.2 Å². The van der Waals surface area contributed by atoms with Crippen LogP contribution in [0.5, 0.6) is 0 Å². The molecule has 2 aromatic heterocycles.